The quantitative estimate of drug-likeness (QED) is 0.123. The highest BCUT2D eigenvalue weighted by Crippen LogP contribution is 2.47. The maximum absolute atomic E-state index is 6.93. The summed E-state index contributed by atoms with van der Waals surface area (Å²) in [5, 5.41) is 4.78. The molecule has 0 fully saturated rings. The van der Waals surface area contributed by atoms with Crippen LogP contribution in [0.4, 0.5) is 0 Å². The van der Waals surface area contributed by atoms with Gasteiger partial charge in [-0.3, -0.25) is 13.7 Å². The van der Waals surface area contributed by atoms with Gasteiger partial charge in [-0.05, 0) is 139 Å². The van der Waals surface area contributed by atoms with Gasteiger partial charge in [-0.1, -0.05) is 193 Å². The lowest BCUT2D eigenvalue weighted by Gasteiger charge is -2.21. The standard InChI is InChI=1S/C74H57N5O/c1-73(2,3)48-34-32-47(33-35-48)54-25-16-26-63-64-44-51(78-65-28-12-9-22-58(65)59-23-10-13-29-66(59)78)36-38-57(64)55-20-7-8-21-56(55)62-27-17-31-68-72(62)77(71(54)63)46-76(68)50-18-15-19-52(43-50)80-53-37-39-61-60-24-11-14-30-67(60)79(69(61)45-53)70-42-49(40-41-75-70)74(4,5)6/h7-45H,1-6H3. The number of benzene rings is 10. The summed E-state index contributed by atoms with van der Waals surface area (Å²) in [7, 11) is 0. The van der Waals surface area contributed by atoms with Crippen LogP contribution in [0.2, 0.25) is 0 Å². The zero-order valence-electron chi connectivity index (χ0n) is 45.7. The lowest BCUT2D eigenvalue weighted by atomic mass is 9.85. The Morgan fingerprint density at radius 1 is 0.388 bits per heavy atom. The summed E-state index contributed by atoms with van der Waals surface area (Å²) in [6.07, 6.45) is 5.96. The van der Waals surface area contributed by atoms with Crippen molar-refractivity contribution in [3.8, 4) is 78.9 Å². The Labute approximate surface area is 465 Å². The van der Waals surface area contributed by atoms with Gasteiger partial charge in [0.1, 0.15) is 17.3 Å². The van der Waals surface area contributed by atoms with E-state index in [9.17, 15) is 0 Å². The van der Waals surface area contributed by atoms with E-state index in [1.54, 1.807) is 0 Å². The predicted molar refractivity (Wildman–Crippen MR) is 329 cm³/mol. The molecule has 0 saturated carbocycles. The number of pyridine rings is 1. The average Bonchev–Trinajstić information content (AvgIpc) is 4.06. The Morgan fingerprint density at radius 2 is 0.950 bits per heavy atom. The van der Waals surface area contributed by atoms with Crippen molar-refractivity contribution >= 4 is 54.6 Å². The van der Waals surface area contributed by atoms with Gasteiger partial charge >= 0.3 is 0 Å². The van der Waals surface area contributed by atoms with E-state index >= 15 is 0 Å². The minimum atomic E-state index is -0.0340. The number of hydrogen-bond donors (Lipinski definition) is 0. The van der Waals surface area contributed by atoms with Gasteiger partial charge in [-0.2, -0.15) is 0 Å². The first-order valence-corrected chi connectivity index (χ1v) is 27.7. The molecule has 0 unspecified atom stereocenters. The molecule has 0 atom stereocenters. The van der Waals surface area contributed by atoms with E-state index in [0.717, 1.165) is 89.5 Å². The molecule has 0 N–H and O–H groups in total. The fourth-order valence-corrected chi connectivity index (χ4v) is 12.5. The topological polar surface area (TPSA) is 40.8 Å². The summed E-state index contributed by atoms with van der Waals surface area (Å²) in [6.45, 7) is 13.6. The van der Waals surface area contributed by atoms with E-state index in [1.165, 1.54) is 49.4 Å². The molecule has 0 aliphatic carbocycles. The fraction of sp³-hybridized carbons (Fsp3) is 0.108. The van der Waals surface area contributed by atoms with Crippen LogP contribution in [0.15, 0.2) is 237 Å². The number of para-hydroxylation sites is 5. The first-order valence-electron chi connectivity index (χ1n) is 27.7. The van der Waals surface area contributed by atoms with Crippen molar-refractivity contribution < 1.29 is 9.30 Å². The van der Waals surface area contributed by atoms with Crippen molar-refractivity contribution in [1.82, 2.24) is 18.7 Å². The van der Waals surface area contributed by atoms with Crippen LogP contribution in [0.1, 0.15) is 52.7 Å². The number of fused-ring (bicyclic) bond motifs is 13. The second-order valence-electron chi connectivity index (χ2n) is 23.4. The van der Waals surface area contributed by atoms with Crippen LogP contribution in [0.3, 0.4) is 0 Å². The third kappa shape index (κ3) is 7.54. The lowest BCUT2D eigenvalue weighted by Crippen LogP contribution is -2.32. The number of nitrogens with zero attached hydrogens (tertiary/aromatic N) is 5. The molecule has 0 saturated heterocycles. The van der Waals surface area contributed by atoms with Crippen molar-refractivity contribution in [3.63, 3.8) is 0 Å². The molecule has 0 amide bonds. The van der Waals surface area contributed by atoms with Crippen LogP contribution >= 0.6 is 0 Å². The molecule has 0 radical (unpaired) electrons. The maximum Gasteiger partial charge on any atom is 0.269 e. The molecule has 6 nitrogen and oxygen atoms in total. The van der Waals surface area contributed by atoms with Gasteiger partial charge in [0.25, 0.3) is 6.33 Å². The zero-order valence-corrected chi connectivity index (χ0v) is 45.7. The van der Waals surface area contributed by atoms with E-state index in [2.05, 4.69) is 291 Å². The van der Waals surface area contributed by atoms with Crippen LogP contribution < -0.4 is 9.30 Å². The lowest BCUT2D eigenvalue weighted by molar-refractivity contribution is -0.570. The normalized spacial score (nSPS) is 12.4. The Hall–Kier alpha value is -9.78. The molecule has 0 bridgehead atoms. The summed E-state index contributed by atoms with van der Waals surface area (Å²) >= 11 is 0. The highest BCUT2D eigenvalue weighted by molar-refractivity contribution is 6.11. The smallest absolute Gasteiger partial charge is 0.269 e. The SMILES string of the molecule is CC(C)(C)c1ccc(-c2cccc3c2-[n+]2[c-]n(-c4cccc(Oc5ccc6c7ccccc7n(-c7cc(C(C)(C)C)ccn7)c6c5)c4)c4cccc(c42)-c2ccccc2-c2ccc(-n4c5ccccc5c5ccccc54)cc2-3)cc1. The number of ether oxygens (including phenoxy) is 1. The Morgan fingerprint density at radius 3 is 1.66 bits per heavy atom. The molecule has 10 aromatic carbocycles. The first kappa shape index (κ1) is 47.4. The van der Waals surface area contributed by atoms with Crippen molar-refractivity contribution in [2.45, 2.75) is 52.4 Å². The van der Waals surface area contributed by atoms with Gasteiger partial charge in [0.2, 0.25) is 0 Å². The number of rotatable bonds is 6. The van der Waals surface area contributed by atoms with E-state index in [1.807, 2.05) is 12.3 Å². The fourth-order valence-electron chi connectivity index (χ4n) is 12.5. The van der Waals surface area contributed by atoms with Gasteiger partial charge in [0.15, 0.2) is 0 Å². The Kier molecular flexibility index (Phi) is 10.6. The molecular formula is C74H57N5O. The summed E-state index contributed by atoms with van der Waals surface area (Å²) in [5.41, 5.74) is 21.2. The monoisotopic (exact) mass is 1030 g/mol. The van der Waals surface area contributed by atoms with E-state index in [4.69, 9.17) is 9.72 Å². The van der Waals surface area contributed by atoms with Crippen LogP contribution in [0.25, 0.3) is 122 Å². The highest BCUT2D eigenvalue weighted by Gasteiger charge is 2.28. The maximum atomic E-state index is 6.93. The Bertz CT molecular complexity index is 4770. The van der Waals surface area contributed by atoms with Gasteiger partial charge in [-0.25, -0.2) is 4.98 Å². The van der Waals surface area contributed by atoms with Crippen LogP contribution in [-0.4, -0.2) is 18.7 Å². The molecule has 384 valence electrons. The van der Waals surface area contributed by atoms with Crippen LogP contribution in [0, 0.1) is 6.33 Å². The molecule has 14 aromatic rings. The zero-order chi connectivity index (χ0) is 54.0. The number of hydrogen-bond acceptors (Lipinski definition) is 2. The third-order valence-corrected chi connectivity index (χ3v) is 16.4. The van der Waals surface area contributed by atoms with E-state index in [-0.39, 0.29) is 10.8 Å². The van der Waals surface area contributed by atoms with Gasteiger partial charge in [0, 0.05) is 39.5 Å². The van der Waals surface area contributed by atoms with Crippen LogP contribution in [-0.2, 0) is 10.8 Å². The van der Waals surface area contributed by atoms with Gasteiger partial charge < -0.3 is 9.30 Å². The molecule has 4 aromatic heterocycles. The minimum absolute atomic E-state index is 0.00184. The molecule has 0 spiro atoms. The molecule has 1 aliphatic rings. The summed E-state index contributed by atoms with van der Waals surface area (Å²) in [4.78, 5) is 4.94. The van der Waals surface area contributed by atoms with E-state index in [0.29, 0.717) is 5.75 Å². The molecule has 5 heterocycles. The summed E-state index contributed by atoms with van der Waals surface area (Å²) < 4.78 is 16.2. The van der Waals surface area contributed by atoms with Crippen molar-refractivity contribution in [2.24, 2.45) is 0 Å². The number of imidazole rings is 1. The highest BCUT2D eigenvalue weighted by atomic mass is 16.5. The largest absolute Gasteiger partial charge is 0.458 e. The second kappa shape index (κ2) is 17.9. The minimum Gasteiger partial charge on any atom is -0.458 e. The summed E-state index contributed by atoms with van der Waals surface area (Å²) in [5.74, 6) is 2.33. The molecule has 1 aliphatic heterocycles. The predicted octanol–water partition coefficient (Wildman–Crippen LogP) is 18.7. The van der Waals surface area contributed by atoms with Gasteiger partial charge in [-0.15, -0.1) is 0 Å². The average molecular weight is 1030 g/mol. The van der Waals surface area contributed by atoms with E-state index < -0.39 is 0 Å². The van der Waals surface area contributed by atoms with Crippen molar-refractivity contribution in [2.75, 3.05) is 0 Å². The third-order valence-electron chi connectivity index (χ3n) is 16.4. The molecule has 80 heavy (non-hydrogen) atoms. The second-order valence-corrected chi connectivity index (χ2v) is 23.4. The molecule has 15 rings (SSSR count). The summed E-state index contributed by atoms with van der Waals surface area (Å²) in [6, 6.07) is 83.9. The van der Waals surface area contributed by atoms with Crippen LogP contribution in [0.5, 0.6) is 11.5 Å². The Balaban J connectivity index is 0.935. The first-order chi connectivity index (χ1) is 38.9. The molecular weight excluding hydrogens is 975 g/mol. The van der Waals surface area contributed by atoms with Crippen molar-refractivity contribution in [1.29, 1.82) is 0 Å². The van der Waals surface area contributed by atoms with Crippen molar-refractivity contribution in [3.05, 3.63) is 254 Å². The number of aromatic nitrogens is 5. The molecule has 6 heteroatoms. The van der Waals surface area contributed by atoms with Gasteiger partial charge in [0.05, 0.1) is 44.5 Å².